The van der Waals surface area contributed by atoms with Crippen LogP contribution in [0.5, 0.6) is 0 Å². The molecular formula is C24H41N5O2. The molecule has 0 amide bonds. The molecule has 1 unspecified atom stereocenters. The molecule has 1 aromatic carbocycles. The van der Waals surface area contributed by atoms with Crippen LogP contribution in [0, 0.1) is 5.92 Å². The number of morpholine rings is 2. The zero-order valence-corrected chi connectivity index (χ0v) is 19.6. The van der Waals surface area contributed by atoms with Crippen LogP contribution < -0.4 is 10.6 Å². The van der Waals surface area contributed by atoms with Gasteiger partial charge in [-0.2, -0.15) is 0 Å². The second kappa shape index (κ2) is 13.0. The Morgan fingerprint density at radius 3 is 2.65 bits per heavy atom. The van der Waals surface area contributed by atoms with Gasteiger partial charge < -0.3 is 20.1 Å². The van der Waals surface area contributed by atoms with E-state index >= 15 is 0 Å². The molecule has 7 nitrogen and oxygen atoms in total. The molecule has 3 rings (SSSR count). The number of rotatable bonds is 9. The van der Waals surface area contributed by atoms with Crippen LogP contribution >= 0.6 is 0 Å². The highest BCUT2D eigenvalue weighted by molar-refractivity contribution is 5.79. The molecule has 2 aliphatic heterocycles. The summed E-state index contributed by atoms with van der Waals surface area (Å²) in [6.45, 7) is 17.5. The van der Waals surface area contributed by atoms with Crippen molar-refractivity contribution in [3.63, 3.8) is 0 Å². The fourth-order valence-corrected chi connectivity index (χ4v) is 4.15. The minimum atomic E-state index is 0.202. The highest BCUT2D eigenvalue weighted by Gasteiger charge is 2.21. The zero-order valence-electron chi connectivity index (χ0n) is 19.6. The Morgan fingerprint density at radius 2 is 1.87 bits per heavy atom. The maximum absolute atomic E-state index is 5.97. The highest BCUT2D eigenvalue weighted by atomic mass is 16.5. The van der Waals surface area contributed by atoms with Crippen molar-refractivity contribution in [2.24, 2.45) is 10.9 Å². The third kappa shape index (κ3) is 8.77. The Balaban J connectivity index is 1.50. The van der Waals surface area contributed by atoms with Crippen LogP contribution in [0.15, 0.2) is 29.3 Å². The second-order valence-corrected chi connectivity index (χ2v) is 8.93. The van der Waals surface area contributed by atoms with Crippen molar-refractivity contribution in [2.75, 3.05) is 65.6 Å². The average molecular weight is 432 g/mol. The molecule has 2 fully saturated rings. The van der Waals surface area contributed by atoms with E-state index in [1.807, 2.05) is 0 Å². The molecule has 0 aliphatic carbocycles. The molecule has 1 aromatic rings. The van der Waals surface area contributed by atoms with Gasteiger partial charge in [0, 0.05) is 52.4 Å². The van der Waals surface area contributed by atoms with E-state index in [-0.39, 0.29) is 6.10 Å². The van der Waals surface area contributed by atoms with E-state index in [0.717, 1.165) is 78.1 Å². The van der Waals surface area contributed by atoms with Crippen LogP contribution in [0.1, 0.15) is 31.9 Å². The first-order chi connectivity index (χ1) is 15.1. The third-order valence-electron chi connectivity index (χ3n) is 5.61. The lowest BCUT2D eigenvalue weighted by Crippen LogP contribution is -2.50. The first kappa shape index (κ1) is 24.0. The number of nitrogens with one attached hydrogen (secondary N) is 2. The molecule has 2 saturated heterocycles. The molecule has 0 spiro atoms. The summed E-state index contributed by atoms with van der Waals surface area (Å²) in [5.41, 5.74) is 2.58. The largest absolute Gasteiger partial charge is 0.379 e. The topological polar surface area (TPSA) is 61.4 Å². The number of aliphatic imine (C=N–C) groups is 1. The quantitative estimate of drug-likeness (QED) is 0.460. The molecule has 2 heterocycles. The standard InChI is InChI=1S/C24H41N5O2/c1-4-25-24(27-16-23-19-29(10-13-31-23)17-20(2)3)26-15-21-6-5-7-22(14-21)18-28-8-11-30-12-9-28/h5-7,14,20,23H,4,8-13,15-19H2,1-3H3,(H2,25,26,27). The molecule has 0 radical (unpaired) electrons. The summed E-state index contributed by atoms with van der Waals surface area (Å²) < 4.78 is 11.4. The van der Waals surface area contributed by atoms with E-state index in [0.29, 0.717) is 12.5 Å². The van der Waals surface area contributed by atoms with Crippen molar-refractivity contribution in [1.82, 2.24) is 20.4 Å². The Hall–Kier alpha value is -1.67. The van der Waals surface area contributed by atoms with Crippen LogP contribution in [0.4, 0.5) is 0 Å². The van der Waals surface area contributed by atoms with Gasteiger partial charge in [-0.05, 0) is 24.0 Å². The number of ether oxygens (including phenoxy) is 2. The first-order valence-corrected chi connectivity index (χ1v) is 11.9. The molecule has 2 N–H and O–H groups in total. The van der Waals surface area contributed by atoms with Gasteiger partial charge in [0.15, 0.2) is 5.96 Å². The summed E-state index contributed by atoms with van der Waals surface area (Å²) in [6.07, 6.45) is 0.202. The van der Waals surface area contributed by atoms with Crippen molar-refractivity contribution >= 4 is 5.96 Å². The summed E-state index contributed by atoms with van der Waals surface area (Å²) in [5.74, 6) is 1.54. The molecule has 7 heteroatoms. The molecule has 2 aliphatic rings. The Kier molecular flexibility index (Phi) is 10.1. The maximum Gasteiger partial charge on any atom is 0.191 e. The number of guanidine groups is 1. The zero-order chi connectivity index (χ0) is 21.9. The number of hydrogen-bond acceptors (Lipinski definition) is 5. The van der Waals surface area contributed by atoms with Gasteiger partial charge in [0.25, 0.3) is 0 Å². The van der Waals surface area contributed by atoms with Crippen LogP contribution in [-0.2, 0) is 22.6 Å². The van der Waals surface area contributed by atoms with Crippen LogP contribution in [0.3, 0.4) is 0 Å². The second-order valence-electron chi connectivity index (χ2n) is 8.93. The maximum atomic E-state index is 5.97. The summed E-state index contributed by atoms with van der Waals surface area (Å²) in [4.78, 5) is 9.77. The highest BCUT2D eigenvalue weighted by Crippen LogP contribution is 2.11. The van der Waals surface area contributed by atoms with E-state index in [9.17, 15) is 0 Å². The molecular weight excluding hydrogens is 390 g/mol. The Bertz CT molecular complexity index is 676. The van der Waals surface area contributed by atoms with E-state index < -0.39 is 0 Å². The summed E-state index contributed by atoms with van der Waals surface area (Å²) in [6, 6.07) is 8.77. The molecule has 1 atom stereocenters. The van der Waals surface area contributed by atoms with Crippen LogP contribution in [-0.4, -0.2) is 87.5 Å². The Morgan fingerprint density at radius 1 is 1.10 bits per heavy atom. The molecule has 31 heavy (non-hydrogen) atoms. The fraction of sp³-hybridized carbons (Fsp3) is 0.708. The average Bonchev–Trinajstić information content (AvgIpc) is 2.76. The monoisotopic (exact) mass is 431 g/mol. The van der Waals surface area contributed by atoms with E-state index in [2.05, 4.69) is 65.5 Å². The number of hydrogen-bond donors (Lipinski definition) is 2. The van der Waals surface area contributed by atoms with Crippen molar-refractivity contribution in [3.05, 3.63) is 35.4 Å². The lowest BCUT2D eigenvalue weighted by Gasteiger charge is -2.34. The molecule has 0 saturated carbocycles. The normalized spacial score (nSPS) is 21.4. The van der Waals surface area contributed by atoms with Crippen LogP contribution in [0.25, 0.3) is 0 Å². The molecule has 0 aromatic heterocycles. The van der Waals surface area contributed by atoms with Gasteiger partial charge in [-0.1, -0.05) is 38.1 Å². The predicted octanol–water partition coefficient (Wildman–Crippen LogP) is 1.93. The first-order valence-electron chi connectivity index (χ1n) is 11.9. The summed E-state index contributed by atoms with van der Waals surface area (Å²) in [7, 11) is 0. The van der Waals surface area contributed by atoms with E-state index in [1.165, 1.54) is 11.1 Å². The fourth-order valence-electron chi connectivity index (χ4n) is 4.15. The van der Waals surface area contributed by atoms with Crippen molar-refractivity contribution in [2.45, 2.75) is 40.0 Å². The van der Waals surface area contributed by atoms with Gasteiger partial charge >= 0.3 is 0 Å². The van der Waals surface area contributed by atoms with Crippen LogP contribution in [0.2, 0.25) is 0 Å². The third-order valence-corrected chi connectivity index (χ3v) is 5.61. The molecule has 0 bridgehead atoms. The van der Waals surface area contributed by atoms with Gasteiger partial charge in [0.1, 0.15) is 0 Å². The summed E-state index contributed by atoms with van der Waals surface area (Å²) >= 11 is 0. The number of benzene rings is 1. The van der Waals surface area contributed by atoms with Gasteiger partial charge in [0.2, 0.25) is 0 Å². The minimum absolute atomic E-state index is 0.202. The summed E-state index contributed by atoms with van der Waals surface area (Å²) in [5, 5.41) is 6.84. The van der Waals surface area contributed by atoms with Crippen molar-refractivity contribution in [1.29, 1.82) is 0 Å². The van der Waals surface area contributed by atoms with Gasteiger partial charge in [-0.3, -0.25) is 9.80 Å². The lowest BCUT2D eigenvalue weighted by molar-refractivity contribution is -0.0284. The number of nitrogens with zero attached hydrogens (tertiary/aromatic N) is 3. The van der Waals surface area contributed by atoms with Gasteiger partial charge in [-0.25, -0.2) is 4.99 Å². The van der Waals surface area contributed by atoms with E-state index in [1.54, 1.807) is 0 Å². The smallest absolute Gasteiger partial charge is 0.191 e. The van der Waals surface area contributed by atoms with Crippen molar-refractivity contribution < 1.29 is 9.47 Å². The van der Waals surface area contributed by atoms with Gasteiger partial charge in [0.05, 0.1) is 32.5 Å². The molecule has 174 valence electrons. The SMILES string of the molecule is CCNC(=NCc1cccc(CN2CCOCC2)c1)NCC1CN(CC(C)C)CCO1. The minimum Gasteiger partial charge on any atom is -0.379 e. The Labute approximate surface area is 188 Å². The van der Waals surface area contributed by atoms with Crippen molar-refractivity contribution in [3.8, 4) is 0 Å². The van der Waals surface area contributed by atoms with Gasteiger partial charge in [-0.15, -0.1) is 0 Å². The van der Waals surface area contributed by atoms with E-state index in [4.69, 9.17) is 14.5 Å². The lowest BCUT2D eigenvalue weighted by atomic mass is 10.1. The predicted molar refractivity (Wildman–Crippen MR) is 126 cm³/mol.